The lowest BCUT2D eigenvalue weighted by molar-refractivity contribution is 0.346. The third-order valence-corrected chi connectivity index (χ3v) is 3.93. The monoisotopic (exact) mass is 318 g/mol. The molecule has 0 bridgehead atoms. The van der Waals surface area contributed by atoms with Crippen LogP contribution in [-0.4, -0.2) is 29.0 Å². The molecule has 0 saturated heterocycles. The van der Waals surface area contributed by atoms with Gasteiger partial charge in [0.25, 0.3) is 6.02 Å². The Bertz CT molecular complexity index is 869. The van der Waals surface area contributed by atoms with Gasteiger partial charge in [-0.3, -0.25) is 0 Å². The van der Waals surface area contributed by atoms with Gasteiger partial charge in [-0.05, 0) is 19.1 Å². The molecule has 3 aromatic rings. The summed E-state index contributed by atoms with van der Waals surface area (Å²) in [6.07, 6.45) is 0. The van der Waals surface area contributed by atoms with Gasteiger partial charge < -0.3 is 10.1 Å². The van der Waals surface area contributed by atoms with Crippen LogP contribution in [0.25, 0.3) is 16.9 Å². The Morgan fingerprint density at radius 3 is 2.38 bits per heavy atom. The number of anilines is 1. The Morgan fingerprint density at radius 1 is 1.00 bits per heavy atom. The number of aromatic nitrogens is 2. The molecule has 24 heavy (non-hydrogen) atoms. The number of nitrogens with zero attached hydrogens (tertiary/aromatic N) is 3. The largest absolute Gasteiger partial charge is 0.463 e. The number of nitrogens with one attached hydrogen (secondary N) is 1. The van der Waals surface area contributed by atoms with Gasteiger partial charge in [0, 0.05) is 5.56 Å². The average molecular weight is 318 g/mol. The molecule has 4 rings (SSSR count). The molecule has 0 amide bonds. The minimum Gasteiger partial charge on any atom is -0.463 e. The van der Waals surface area contributed by atoms with Crippen molar-refractivity contribution in [1.29, 1.82) is 0 Å². The normalized spacial score (nSPS) is 13.5. The van der Waals surface area contributed by atoms with Crippen molar-refractivity contribution in [3.8, 4) is 16.9 Å². The first-order valence-corrected chi connectivity index (χ1v) is 7.97. The van der Waals surface area contributed by atoms with E-state index in [-0.39, 0.29) is 0 Å². The number of ether oxygens (including phenoxy) is 1. The number of hydrogen-bond donors (Lipinski definition) is 1. The number of aliphatic imine (C=N–C) groups is 1. The molecular formula is C19H18N4O. The fourth-order valence-electron chi connectivity index (χ4n) is 2.81. The van der Waals surface area contributed by atoms with Crippen LogP contribution in [0.5, 0.6) is 0 Å². The van der Waals surface area contributed by atoms with Crippen molar-refractivity contribution < 1.29 is 4.74 Å². The van der Waals surface area contributed by atoms with Crippen molar-refractivity contribution in [3.05, 3.63) is 66.4 Å². The molecule has 0 radical (unpaired) electrons. The Kier molecular flexibility index (Phi) is 3.75. The van der Waals surface area contributed by atoms with Crippen LogP contribution in [0.4, 0.5) is 5.69 Å². The van der Waals surface area contributed by atoms with Crippen molar-refractivity contribution in [1.82, 2.24) is 9.78 Å². The highest BCUT2D eigenvalue weighted by Gasteiger charge is 2.20. The molecule has 0 saturated carbocycles. The maximum absolute atomic E-state index is 5.52. The first kappa shape index (κ1) is 14.5. The lowest BCUT2D eigenvalue weighted by Gasteiger charge is -2.11. The summed E-state index contributed by atoms with van der Waals surface area (Å²) >= 11 is 0. The van der Waals surface area contributed by atoms with Crippen molar-refractivity contribution in [3.63, 3.8) is 0 Å². The zero-order chi connectivity index (χ0) is 16.4. The van der Waals surface area contributed by atoms with Gasteiger partial charge in [-0.25, -0.2) is 9.67 Å². The fraction of sp³-hybridized carbons (Fsp3) is 0.158. The summed E-state index contributed by atoms with van der Waals surface area (Å²) in [5, 5.41) is 8.05. The van der Waals surface area contributed by atoms with Crippen molar-refractivity contribution >= 4 is 11.7 Å². The van der Waals surface area contributed by atoms with Crippen molar-refractivity contribution in [2.24, 2.45) is 4.99 Å². The van der Waals surface area contributed by atoms with Gasteiger partial charge in [0.05, 0.1) is 29.3 Å². The summed E-state index contributed by atoms with van der Waals surface area (Å²) in [7, 11) is 0. The molecule has 5 nitrogen and oxygen atoms in total. The van der Waals surface area contributed by atoms with Crippen LogP contribution in [0.15, 0.2) is 65.7 Å². The Balaban J connectivity index is 1.88. The van der Waals surface area contributed by atoms with E-state index in [0.717, 1.165) is 28.3 Å². The Morgan fingerprint density at radius 2 is 1.71 bits per heavy atom. The molecule has 1 aliphatic rings. The smallest absolute Gasteiger partial charge is 0.289 e. The third kappa shape index (κ3) is 2.65. The summed E-state index contributed by atoms with van der Waals surface area (Å²) in [5.41, 5.74) is 4.92. The van der Waals surface area contributed by atoms with E-state index in [2.05, 4.69) is 22.4 Å². The predicted molar refractivity (Wildman–Crippen MR) is 95.6 cm³/mol. The number of benzene rings is 2. The minimum absolute atomic E-state index is 0.558. The molecule has 0 unspecified atom stereocenters. The van der Waals surface area contributed by atoms with Crippen molar-refractivity contribution in [2.45, 2.75) is 6.92 Å². The van der Waals surface area contributed by atoms with Gasteiger partial charge in [-0.15, -0.1) is 0 Å². The van der Waals surface area contributed by atoms with Gasteiger partial charge in [0.1, 0.15) is 6.61 Å². The predicted octanol–water partition coefficient (Wildman–Crippen LogP) is 3.65. The first-order chi connectivity index (χ1) is 11.8. The first-order valence-electron chi connectivity index (χ1n) is 7.97. The molecule has 1 aliphatic heterocycles. The average Bonchev–Trinajstić information content (AvgIpc) is 3.25. The van der Waals surface area contributed by atoms with Gasteiger partial charge in [-0.2, -0.15) is 5.10 Å². The summed E-state index contributed by atoms with van der Waals surface area (Å²) in [6, 6.07) is 20.9. The summed E-state index contributed by atoms with van der Waals surface area (Å²) in [4.78, 5) is 4.34. The van der Waals surface area contributed by atoms with E-state index < -0.39 is 0 Å². The number of rotatable bonds is 3. The molecule has 2 aromatic carbocycles. The summed E-state index contributed by atoms with van der Waals surface area (Å²) < 4.78 is 7.48. The number of amidine groups is 1. The highest BCUT2D eigenvalue weighted by molar-refractivity contribution is 5.95. The minimum atomic E-state index is 0.558. The van der Waals surface area contributed by atoms with Crippen LogP contribution >= 0.6 is 0 Å². The van der Waals surface area contributed by atoms with Gasteiger partial charge in [0.15, 0.2) is 0 Å². The van der Waals surface area contributed by atoms with E-state index in [1.165, 1.54) is 0 Å². The molecule has 0 fully saturated rings. The van der Waals surface area contributed by atoms with Gasteiger partial charge in [0.2, 0.25) is 0 Å². The SMILES string of the molecule is Cc1nn(-c2ccccc2)c(-c2ccccc2)c1NC1=NCCO1. The second-order valence-corrected chi connectivity index (χ2v) is 5.58. The number of para-hydroxylation sites is 1. The zero-order valence-corrected chi connectivity index (χ0v) is 13.4. The van der Waals surface area contributed by atoms with E-state index in [1.54, 1.807) is 0 Å². The van der Waals surface area contributed by atoms with E-state index in [0.29, 0.717) is 19.2 Å². The molecule has 0 aliphatic carbocycles. The number of hydrogen-bond acceptors (Lipinski definition) is 4. The van der Waals surface area contributed by atoms with Crippen LogP contribution in [0.2, 0.25) is 0 Å². The van der Waals surface area contributed by atoms with Crippen LogP contribution in [0.3, 0.4) is 0 Å². The lowest BCUT2D eigenvalue weighted by Crippen LogP contribution is -2.13. The molecule has 120 valence electrons. The molecule has 5 heteroatoms. The summed E-state index contributed by atoms with van der Waals surface area (Å²) in [5.74, 6) is 0. The highest BCUT2D eigenvalue weighted by atomic mass is 16.5. The second-order valence-electron chi connectivity index (χ2n) is 5.58. The molecular weight excluding hydrogens is 300 g/mol. The molecule has 0 atom stereocenters. The van der Waals surface area contributed by atoms with Gasteiger partial charge in [-0.1, -0.05) is 48.5 Å². The van der Waals surface area contributed by atoms with E-state index in [9.17, 15) is 0 Å². The quantitative estimate of drug-likeness (QED) is 0.802. The molecule has 0 spiro atoms. The zero-order valence-electron chi connectivity index (χ0n) is 13.4. The fourth-order valence-corrected chi connectivity index (χ4v) is 2.81. The topological polar surface area (TPSA) is 51.4 Å². The van der Waals surface area contributed by atoms with Crippen LogP contribution in [0.1, 0.15) is 5.69 Å². The maximum Gasteiger partial charge on any atom is 0.289 e. The Labute approximate surface area is 140 Å². The third-order valence-electron chi connectivity index (χ3n) is 3.93. The van der Waals surface area contributed by atoms with Crippen LogP contribution < -0.4 is 5.32 Å². The van der Waals surface area contributed by atoms with E-state index in [4.69, 9.17) is 9.84 Å². The molecule has 1 aromatic heterocycles. The standard InChI is InChI=1S/C19H18N4O/c1-14-17(21-19-20-12-13-24-19)18(15-8-4-2-5-9-15)23(22-14)16-10-6-3-7-11-16/h2-11H,12-13H2,1H3,(H,20,21). The second kappa shape index (κ2) is 6.20. The Hall–Kier alpha value is -3.08. The van der Waals surface area contributed by atoms with E-state index in [1.807, 2.05) is 60.1 Å². The number of aryl methyl sites for hydroxylation is 1. The van der Waals surface area contributed by atoms with E-state index >= 15 is 0 Å². The van der Waals surface area contributed by atoms with Crippen LogP contribution in [0, 0.1) is 6.92 Å². The lowest BCUT2D eigenvalue weighted by atomic mass is 10.1. The van der Waals surface area contributed by atoms with Gasteiger partial charge >= 0.3 is 0 Å². The highest BCUT2D eigenvalue weighted by Crippen LogP contribution is 2.33. The summed E-state index contributed by atoms with van der Waals surface area (Å²) in [6.45, 7) is 3.30. The van der Waals surface area contributed by atoms with Crippen LogP contribution in [-0.2, 0) is 4.74 Å². The molecule has 2 heterocycles. The maximum atomic E-state index is 5.52. The molecule has 1 N–H and O–H groups in total. The van der Waals surface area contributed by atoms with Crippen molar-refractivity contribution in [2.75, 3.05) is 18.5 Å².